The van der Waals surface area contributed by atoms with Crippen LogP contribution in [-0.2, 0) is 9.59 Å². The van der Waals surface area contributed by atoms with Gasteiger partial charge in [0.15, 0.2) is 0 Å². The Morgan fingerprint density at radius 2 is 1.95 bits per heavy atom. The second kappa shape index (κ2) is 5.92. The Bertz CT molecular complexity index is 499. The number of nitrogens with one attached hydrogen (secondary N) is 1. The molecule has 1 fully saturated rings. The van der Waals surface area contributed by atoms with Crippen LogP contribution in [0.2, 0.25) is 0 Å². The lowest BCUT2D eigenvalue weighted by Crippen LogP contribution is -2.36. The highest BCUT2D eigenvalue weighted by Crippen LogP contribution is 2.35. The molecule has 108 valence electrons. The summed E-state index contributed by atoms with van der Waals surface area (Å²) in [6, 6.07) is 6.47. The Hall–Kier alpha value is -2.08. The Morgan fingerprint density at radius 1 is 1.30 bits per heavy atom. The molecule has 6 nitrogen and oxygen atoms in total. The number of ether oxygens (including phenoxy) is 1. The van der Waals surface area contributed by atoms with Crippen molar-refractivity contribution in [2.45, 2.75) is 18.4 Å². The highest BCUT2D eigenvalue weighted by molar-refractivity contribution is 5.76. The first kappa shape index (κ1) is 14.3. The minimum Gasteiger partial charge on any atom is -0.497 e. The monoisotopic (exact) mass is 279 g/mol. The third kappa shape index (κ3) is 2.91. The first-order valence-electron chi connectivity index (χ1n) is 6.35. The van der Waals surface area contributed by atoms with Crippen LogP contribution in [0.4, 0.5) is 0 Å². The highest BCUT2D eigenvalue weighted by Gasteiger charge is 2.41. The molecule has 1 heterocycles. The van der Waals surface area contributed by atoms with E-state index in [4.69, 9.17) is 14.9 Å². The van der Waals surface area contributed by atoms with Gasteiger partial charge in [-0.2, -0.15) is 0 Å². The smallest absolute Gasteiger partial charge is 0.321 e. The molecule has 1 aromatic rings. The lowest BCUT2D eigenvalue weighted by atomic mass is 9.83. The summed E-state index contributed by atoms with van der Waals surface area (Å²) in [7, 11) is 1.57. The maximum absolute atomic E-state index is 11.2. The van der Waals surface area contributed by atoms with Crippen LogP contribution in [-0.4, -0.2) is 41.8 Å². The van der Waals surface area contributed by atoms with Gasteiger partial charge in [0.1, 0.15) is 11.8 Å². The summed E-state index contributed by atoms with van der Waals surface area (Å²) in [6.07, 6.45) is -0.166. The van der Waals surface area contributed by atoms with Gasteiger partial charge in [0, 0.05) is 18.4 Å². The van der Waals surface area contributed by atoms with Crippen LogP contribution in [0, 0.1) is 5.92 Å². The fourth-order valence-corrected chi connectivity index (χ4v) is 2.74. The van der Waals surface area contributed by atoms with E-state index in [0.29, 0.717) is 12.3 Å². The number of benzene rings is 1. The van der Waals surface area contributed by atoms with Crippen molar-refractivity contribution in [1.29, 1.82) is 0 Å². The summed E-state index contributed by atoms with van der Waals surface area (Å²) in [5.41, 5.74) is 0.924. The Balaban J connectivity index is 2.23. The number of aliphatic carboxylic acids is 2. The lowest BCUT2D eigenvalue weighted by Gasteiger charge is -2.20. The van der Waals surface area contributed by atoms with Crippen LogP contribution in [0.3, 0.4) is 0 Å². The quantitative estimate of drug-likeness (QED) is 0.742. The van der Waals surface area contributed by atoms with Crippen molar-refractivity contribution < 1.29 is 24.5 Å². The van der Waals surface area contributed by atoms with Crippen molar-refractivity contribution in [2.24, 2.45) is 5.92 Å². The van der Waals surface area contributed by atoms with Crippen LogP contribution < -0.4 is 10.1 Å². The number of carboxylic acids is 2. The molecule has 1 aromatic carbocycles. The molecule has 0 radical (unpaired) electrons. The lowest BCUT2D eigenvalue weighted by molar-refractivity contribution is -0.142. The molecule has 6 heteroatoms. The molecule has 0 saturated carbocycles. The van der Waals surface area contributed by atoms with Gasteiger partial charge in [-0.05, 0) is 17.7 Å². The van der Waals surface area contributed by atoms with Gasteiger partial charge in [-0.1, -0.05) is 12.1 Å². The fraction of sp³-hybridized carbons (Fsp3) is 0.429. The van der Waals surface area contributed by atoms with Crippen molar-refractivity contribution in [1.82, 2.24) is 5.32 Å². The van der Waals surface area contributed by atoms with Gasteiger partial charge in [-0.15, -0.1) is 0 Å². The summed E-state index contributed by atoms with van der Waals surface area (Å²) >= 11 is 0. The van der Waals surface area contributed by atoms with E-state index in [9.17, 15) is 9.59 Å². The van der Waals surface area contributed by atoms with E-state index in [0.717, 1.165) is 5.56 Å². The van der Waals surface area contributed by atoms with Crippen molar-refractivity contribution in [3.63, 3.8) is 0 Å². The standard InChI is InChI=1S/C14H17NO5/c1-20-9-4-2-8(3-5-9)11-7-15-13(14(18)19)10(11)6-12(16)17/h2-5,10-11,13,15H,6-7H2,1H3,(H,16,17)(H,18,19)/t10-,11-,13-/m0/s1. The van der Waals surface area contributed by atoms with Crippen molar-refractivity contribution >= 4 is 11.9 Å². The van der Waals surface area contributed by atoms with Crippen LogP contribution in [0.5, 0.6) is 5.75 Å². The van der Waals surface area contributed by atoms with Gasteiger partial charge >= 0.3 is 11.9 Å². The summed E-state index contributed by atoms with van der Waals surface area (Å²) in [4.78, 5) is 22.2. The molecule has 0 bridgehead atoms. The summed E-state index contributed by atoms with van der Waals surface area (Å²) in [5, 5.41) is 21.0. The third-order valence-corrected chi connectivity index (χ3v) is 3.72. The van der Waals surface area contributed by atoms with Crippen molar-refractivity contribution in [3.05, 3.63) is 29.8 Å². The minimum absolute atomic E-state index is 0.127. The number of carbonyl (C=O) groups is 2. The molecule has 0 spiro atoms. The van der Waals surface area contributed by atoms with E-state index < -0.39 is 23.9 Å². The average Bonchev–Trinajstić information content (AvgIpc) is 2.82. The predicted octanol–water partition coefficient (Wildman–Crippen LogP) is 0.926. The predicted molar refractivity (Wildman–Crippen MR) is 70.9 cm³/mol. The molecule has 0 aromatic heterocycles. The molecule has 1 saturated heterocycles. The van der Waals surface area contributed by atoms with Crippen LogP contribution in [0.15, 0.2) is 24.3 Å². The summed E-state index contributed by atoms with van der Waals surface area (Å²) in [6.45, 7) is 0.460. The second-order valence-electron chi connectivity index (χ2n) is 4.87. The van der Waals surface area contributed by atoms with Gasteiger partial charge in [-0.25, -0.2) is 0 Å². The van der Waals surface area contributed by atoms with Crippen LogP contribution in [0.1, 0.15) is 17.9 Å². The third-order valence-electron chi connectivity index (χ3n) is 3.72. The van der Waals surface area contributed by atoms with Crippen molar-refractivity contribution in [2.75, 3.05) is 13.7 Å². The van der Waals surface area contributed by atoms with E-state index in [-0.39, 0.29) is 12.3 Å². The van der Waals surface area contributed by atoms with E-state index in [1.807, 2.05) is 12.1 Å². The van der Waals surface area contributed by atoms with Crippen molar-refractivity contribution in [3.8, 4) is 5.75 Å². The Kier molecular flexibility index (Phi) is 4.24. The molecule has 1 aliphatic heterocycles. The SMILES string of the molecule is COc1ccc([C@@H]2CN[C@H](C(=O)O)[C@H]2CC(=O)O)cc1. The zero-order valence-electron chi connectivity index (χ0n) is 11.1. The molecule has 3 N–H and O–H groups in total. The Labute approximate surface area is 116 Å². The average molecular weight is 279 g/mol. The largest absolute Gasteiger partial charge is 0.497 e. The maximum Gasteiger partial charge on any atom is 0.321 e. The maximum atomic E-state index is 11.2. The molecular formula is C14H17NO5. The molecule has 20 heavy (non-hydrogen) atoms. The van der Waals surface area contributed by atoms with E-state index >= 15 is 0 Å². The topological polar surface area (TPSA) is 95.9 Å². The molecule has 2 rings (SSSR count). The van der Waals surface area contributed by atoms with Gasteiger partial charge in [0.05, 0.1) is 13.5 Å². The van der Waals surface area contributed by atoms with E-state index in [1.54, 1.807) is 19.2 Å². The zero-order chi connectivity index (χ0) is 14.7. The van der Waals surface area contributed by atoms with Crippen LogP contribution >= 0.6 is 0 Å². The fourth-order valence-electron chi connectivity index (χ4n) is 2.74. The first-order chi connectivity index (χ1) is 9.52. The normalized spacial score (nSPS) is 25.4. The summed E-state index contributed by atoms with van der Waals surface area (Å²) in [5.74, 6) is -1.86. The van der Waals surface area contributed by atoms with Gasteiger partial charge in [0.2, 0.25) is 0 Å². The molecule has 0 unspecified atom stereocenters. The van der Waals surface area contributed by atoms with E-state index in [2.05, 4.69) is 5.32 Å². The number of rotatable bonds is 5. The Morgan fingerprint density at radius 3 is 2.45 bits per heavy atom. The van der Waals surface area contributed by atoms with E-state index in [1.165, 1.54) is 0 Å². The zero-order valence-corrected chi connectivity index (χ0v) is 11.1. The highest BCUT2D eigenvalue weighted by atomic mass is 16.5. The number of carboxylic acid groups (broad SMARTS) is 2. The minimum atomic E-state index is -1.01. The first-order valence-corrected chi connectivity index (χ1v) is 6.35. The number of methoxy groups -OCH3 is 1. The van der Waals surface area contributed by atoms with Gasteiger partial charge in [0.25, 0.3) is 0 Å². The molecule has 0 amide bonds. The van der Waals surface area contributed by atoms with Gasteiger partial charge in [-0.3, -0.25) is 9.59 Å². The number of hydrogen-bond donors (Lipinski definition) is 3. The molecular weight excluding hydrogens is 262 g/mol. The molecule has 0 aliphatic carbocycles. The number of hydrogen-bond acceptors (Lipinski definition) is 4. The second-order valence-corrected chi connectivity index (χ2v) is 4.87. The molecule has 1 aliphatic rings. The van der Waals surface area contributed by atoms with Crippen LogP contribution in [0.25, 0.3) is 0 Å². The van der Waals surface area contributed by atoms with Gasteiger partial charge < -0.3 is 20.3 Å². The molecule has 3 atom stereocenters. The summed E-state index contributed by atoms with van der Waals surface area (Å²) < 4.78 is 5.08.